The molecule has 0 rings (SSSR count). The SMILES string of the molecule is CC(=O)CN(CCN(CCN(CC(=O)O)CC(=O)O)CC(=O)O)CC(=O)O.CNC(CCCC[NH3+])C(C)=O.CNCCCCC(NC)C(C)=O. The number of likely N-dealkylation sites (N-methyl/N-ethyl adjacent to an activating group) is 2. The number of rotatable bonds is 29. The Morgan fingerprint density at radius 1 is 0.540 bits per heavy atom. The van der Waals surface area contributed by atoms with Crippen molar-refractivity contribution in [1.82, 2.24) is 30.7 Å². The van der Waals surface area contributed by atoms with Crippen LogP contribution in [0.2, 0.25) is 0 Å². The third-order valence-corrected chi connectivity index (χ3v) is 7.19. The summed E-state index contributed by atoms with van der Waals surface area (Å²) >= 11 is 0. The highest BCUT2D eigenvalue weighted by atomic mass is 16.4. The van der Waals surface area contributed by atoms with Crippen LogP contribution in [0.25, 0.3) is 0 Å². The third kappa shape index (κ3) is 34.5. The lowest BCUT2D eigenvalue weighted by Crippen LogP contribution is -2.50. The van der Waals surface area contributed by atoms with Crippen LogP contribution in [0, 0.1) is 0 Å². The maximum absolute atomic E-state index is 11.2. The number of unbranched alkanes of at least 4 members (excludes halogenated alkanes) is 2. The zero-order chi connectivity index (χ0) is 39.1. The fourth-order valence-electron chi connectivity index (χ4n) is 4.62. The predicted octanol–water partition coefficient (Wildman–Crippen LogP) is -2.05. The van der Waals surface area contributed by atoms with Gasteiger partial charge in [0.1, 0.15) is 17.3 Å². The summed E-state index contributed by atoms with van der Waals surface area (Å²) in [5.41, 5.74) is 3.75. The smallest absolute Gasteiger partial charge is 0.317 e. The molecular weight excluding hydrogens is 658 g/mol. The first-order chi connectivity index (χ1) is 23.4. The number of hydrogen-bond donors (Lipinski definition) is 8. The monoisotopic (exact) mass is 722 g/mol. The minimum absolute atomic E-state index is 0.00246. The van der Waals surface area contributed by atoms with E-state index in [1.807, 2.05) is 21.1 Å². The van der Waals surface area contributed by atoms with Crippen molar-refractivity contribution in [1.29, 1.82) is 0 Å². The number of hydrogen-bond acceptors (Lipinski definition) is 13. The highest BCUT2D eigenvalue weighted by Crippen LogP contribution is 2.01. The average Bonchev–Trinajstić information content (AvgIpc) is 2.99. The molecule has 0 aromatic rings. The highest BCUT2D eigenvalue weighted by molar-refractivity contribution is 5.81. The van der Waals surface area contributed by atoms with Crippen molar-refractivity contribution < 1.29 is 59.7 Å². The number of carboxylic acids is 4. The van der Waals surface area contributed by atoms with Gasteiger partial charge in [-0.05, 0) is 80.6 Å². The van der Waals surface area contributed by atoms with Gasteiger partial charge in [0.05, 0.1) is 51.4 Å². The molecule has 0 radical (unpaired) electrons. The molecule has 0 saturated carbocycles. The molecule has 10 N–H and O–H groups in total. The van der Waals surface area contributed by atoms with Crippen molar-refractivity contribution >= 4 is 41.2 Å². The first-order valence-electron chi connectivity index (χ1n) is 16.8. The minimum atomic E-state index is -1.21. The summed E-state index contributed by atoms with van der Waals surface area (Å²) in [4.78, 5) is 80.4. The Kier molecular flexibility index (Phi) is 33.4. The highest BCUT2D eigenvalue weighted by Gasteiger charge is 2.19. The van der Waals surface area contributed by atoms with Crippen LogP contribution in [-0.4, -0.2) is 182 Å². The molecule has 0 amide bonds. The zero-order valence-corrected chi connectivity index (χ0v) is 30.9. The van der Waals surface area contributed by atoms with Gasteiger partial charge < -0.3 is 42.1 Å². The number of carbonyl (C=O) groups excluding carboxylic acids is 3. The van der Waals surface area contributed by atoms with Crippen molar-refractivity contribution in [2.24, 2.45) is 0 Å². The topological polar surface area (TPSA) is 274 Å². The molecule has 18 heteroatoms. The van der Waals surface area contributed by atoms with Gasteiger partial charge in [-0.15, -0.1) is 0 Å². The van der Waals surface area contributed by atoms with Crippen LogP contribution in [0.4, 0.5) is 0 Å². The quantitative estimate of drug-likeness (QED) is 0.0386. The first kappa shape index (κ1) is 51.0. The summed E-state index contributed by atoms with van der Waals surface area (Å²) in [7, 11) is 5.61. The molecule has 2 unspecified atom stereocenters. The number of nitrogens with zero attached hydrogens (tertiary/aromatic N) is 3. The molecule has 0 saturated heterocycles. The van der Waals surface area contributed by atoms with Gasteiger partial charge in [-0.3, -0.25) is 48.3 Å². The summed E-state index contributed by atoms with van der Waals surface area (Å²) in [6.45, 7) is 4.96. The molecule has 0 spiro atoms. The lowest BCUT2D eigenvalue weighted by atomic mass is 10.1. The molecule has 18 nitrogen and oxygen atoms in total. The van der Waals surface area contributed by atoms with E-state index < -0.39 is 43.5 Å². The van der Waals surface area contributed by atoms with Crippen LogP contribution in [0.5, 0.6) is 0 Å². The van der Waals surface area contributed by atoms with Gasteiger partial charge in [-0.1, -0.05) is 6.42 Å². The first-order valence-corrected chi connectivity index (χ1v) is 16.8. The van der Waals surface area contributed by atoms with E-state index >= 15 is 0 Å². The van der Waals surface area contributed by atoms with Gasteiger partial charge in [0.15, 0.2) is 0 Å². The number of carbonyl (C=O) groups is 7. The van der Waals surface area contributed by atoms with Crippen molar-refractivity contribution in [3.63, 3.8) is 0 Å². The van der Waals surface area contributed by atoms with Gasteiger partial charge in [0.2, 0.25) is 0 Å². The predicted molar refractivity (Wildman–Crippen MR) is 187 cm³/mol. The second-order valence-electron chi connectivity index (χ2n) is 11.8. The Hall–Kier alpha value is -3.39. The molecule has 2 atom stereocenters. The van der Waals surface area contributed by atoms with E-state index in [0.717, 1.165) is 56.5 Å². The fraction of sp³-hybridized carbons (Fsp3) is 0.781. The van der Waals surface area contributed by atoms with Gasteiger partial charge in [0.25, 0.3) is 0 Å². The second-order valence-corrected chi connectivity index (χ2v) is 11.8. The summed E-state index contributed by atoms with van der Waals surface area (Å²) in [5.74, 6) is -4.47. The van der Waals surface area contributed by atoms with Crippen LogP contribution < -0.4 is 21.7 Å². The van der Waals surface area contributed by atoms with Gasteiger partial charge in [-0.25, -0.2) is 0 Å². The Bertz CT molecular complexity index is 930. The Balaban J connectivity index is -0.000000788. The molecule has 0 aliphatic heterocycles. The molecule has 0 aliphatic rings. The third-order valence-electron chi connectivity index (χ3n) is 7.19. The maximum atomic E-state index is 11.2. The normalized spacial score (nSPS) is 12.0. The zero-order valence-electron chi connectivity index (χ0n) is 30.9. The fourth-order valence-corrected chi connectivity index (χ4v) is 4.62. The van der Waals surface area contributed by atoms with Crippen LogP contribution in [0.15, 0.2) is 0 Å². The number of aliphatic carboxylic acids is 4. The maximum Gasteiger partial charge on any atom is 0.317 e. The standard InChI is InChI=1S/C15H25N3O9.C9H20N2O.C8H18N2O/c1-11(19)6-17(8-13(22)23)4-2-16(7-12(20)21)3-5-18(9-14(24)25)10-15(26)27;1-8(12)9(11-3)6-4-5-7-10-2;1-7(11)8(10-2)5-3-4-6-9/h2-10H2,1H3,(H,20,21)(H,22,23)(H,24,25)(H,26,27);9-11H,4-7H2,1-3H3;8,10H,3-6,9H2,1-2H3/p+1. The summed E-state index contributed by atoms with van der Waals surface area (Å²) in [6, 6.07) is 0.114. The van der Waals surface area contributed by atoms with E-state index in [-0.39, 0.29) is 68.7 Å². The van der Waals surface area contributed by atoms with Gasteiger partial charge in [0, 0.05) is 26.2 Å². The molecule has 0 fully saturated rings. The van der Waals surface area contributed by atoms with Crippen molar-refractivity contribution in [2.45, 2.75) is 71.4 Å². The Morgan fingerprint density at radius 2 is 0.880 bits per heavy atom. The largest absolute Gasteiger partial charge is 0.480 e. The van der Waals surface area contributed by atoms with E-state index in [2.05, 4.69) is 21.7 Å². The van der Waals surface area contributed by atoms with Crippen LogP contribution >= 0.6 is 0 Å². The Morgan fingerprint density at radius 3 is 1.18 bits per heavy atom. The van der Waals surface area contributed by atoms with Gasteiger partial charge in [-0.2, -0.15) is 0 Å². The van der Waals surface area contributed by atoms with E-state index in [4.69, 9.17) is 20.4 Å². The van der Waals surface area contributed by atoms with E-state index in [0.29, 0.717) is 0 Å². The lowest BCUT2D eigenvalue weighted by molar-refractivity contribution is -0.368. The number of carboxylic acid groups (broad SMARTS) is 4. The summed E-state index contributed by atoms with van der Waals surface area (Å²) < 4.78 is 0. The van der Waals surface area contributed by atoms with Crippen LogP contribution in [-0.2, 0) is 33.6 Å². The number of nitrogens with one attached hydrogen (secondary N) is 3. The molecule has 50 heavy (non-hydrogen) atoms. The van der Waals surface area contributed by atoms with Crippen molar-refractivity contribution in [3.05, 3.63) is 0 Å². The molecule has 0 bridgehead atoms. The molecular formula is C32H64N7O11+. The van der Waals surface area contributed by atoms with Crippen molar-refractivity contribution in [3.8, 4) is 0 Å². The van der Waals surface area contributed by atoms with E-state index in [9.17, 15) is 33.6 Å². The number of quaternary nitrogens is 1. The van der Waals surface area contributed by atoms with E-state index in [1.54, 1.807) is 13.8 Å². The lowest BCUT2D eigenvalue weighted by Gasteiger charge is -2.27. The van der Waals surface area contributed by atoms with Crippen LogP contribution in [0.1, 0.15) is 59.3 Å². The number of ketones is 3. The number of Topliss-reactive ketones (excluding diaryl/α,β-unsaturated/α-hetero) is 3. The Labute approximate surface area is 296 Å². The van der Waals surface area contributed by atoms with Crippen molar-refractivity contribution in [2.75, 3.05) is 93.1 Å². The molecule has 0 aromatic heterocycles. The molecule has 0 aromatic carbocycles. The molecule has 292 valence electrons. The summed E-state index contributed by atoms with van der Waals surface area (Å²) in [5, 5.41) is 44.6. The molecule has 0 heterocycles. The van der Waals surface area contributed by atoms with Crippen LogP contribution in [0.3, 0.4) is 0 Å². The molecule has 0 aliphatic carbocycles. The second kappa shape index (κ2) is 32.8. The average molecular weight is 723 g/mol. The minimum Gasteiger partial charge on any atom is -0.480 e. The summed E-state index contributed by atoms with van der Waals surface area (Å²) in [6.07, 6.45) is 6.35. The van der Waals surface area contributed by atoms with E-state index in [1.165, 1.54) is 16.7 Å². The van der Waals surface area contributed by atoms with Gasteiger partial charge >= 0.3 is 23.9 Å².